The largest absolute Gasteiger partial charge is 0.342 e. The Morgan fingerprint density at radius 1 is 1.30 bits per heavy atom. The van der Waals surface area contributed by atoms with Crippen LogP contribution in [-0.4, -0.2) is 36.1 Å². The van der Waals surface area contributed by atoms with Crippen LogP contribution in [0.4, 0.5) is 5.95 Å². The lowest BCUT2D eigenvalue weighted by Gasteiger charge is -2.31. The van der Waals surface area contributed by atoms with Crippen LogP contribution >= 0.6 is 0 Å². The summed E-state index contributed by atoms with van der Waals surface area (Å²) in [4.78, 5) is 10.5. The molecule has 2 heterocycles. The highest BCUT2D eigenvalue weighted by Gasteiger charge is 2.20. The van der Waals surface area contributed by atoms with E-state index in [2.05, 4.69) is 40.3 Å². The molecule has 0 atom stereocenters. The van der Waals surface area contributed by atoms with Crippen LogP contribution in [0.5, 0.6) is 0 Å². The molecule has 0 spiro atoms. The van der Waals surface area contributed by atoms with Gasteiger partial charge in [-0.1, -0.05) is 19.1 Å². The average Bonchev–Trinajstić information content (AvgIpc) is 2.92. The number of aromatic nitrogens is 2. The normalized spacial score (nSPS) is 16.9. The number of rotatable bonds is 5. The number of hydrogen-bond donors (Lipinski definition) is 2. The van der Waals surface area contributed by atoms with Crippen LogP contribution in [-0.2, 0) is 0 Å². The quantitative estimate of drug-likeness (QED) is 0.823. The summed E-state index contributed by atoms with van der Waals surface area (Å²) in [5.41, 5.74) is 2.20. The molecule has 20 heavy (non-hydrogen) atoms. The lowest BCUT2D eigenvalue weighted by Crippen LogP contribution is -2.37. The zero-order chi connectivity index (χ0) is 13.8. The van der Waals surface area contributed by atoms with E-state index < -0.39 is 0 Å². The third kappa shape index (κ3) is 2.96. The van der Waals surface area contributed by atoms with Crippen molar-refractivity contribution < 1.29 is 0 Å². The number of aromatic amines is 1. The zero-order valence-corrected chi connectivity index (χ0v) is 12.2. The highest BCUT2D eigenvalue weighted by Crippen LogP contribution is 2.23. The van der Waals surface area contributed by atoms with Gasteiger partial charge >= 0.3 is 0 Å². The fourth-order valence-electron chi connectivity index (χ4n) is 2.92. The Hall–Kier alpha value is -1.55. The van der Waals surface area contributed by atoms with Gasteiger partial charge in [0.2, 0.25) is 5.95 Å². The summed E-state index contributed by atoms with van der Waals surface area (Å²) in [5, 5.41) is 3.54. The summed E-state index contributed by atoms with van der Waals surface area (Å²) in [6.45, 7) is 6.75. The van der Waals surface area contributed by atoms with Crippen LogP contribution in [0.2, 0.25) is 0 Å². The molecule has 0 aliphatic carbocycles. The number of imidazole rings is 1. The molecule has 4 nitrogen and oxygen atoms in total. The number of piperidine rings is 1. The zero-order valence-electron chi connectivity index (χ0n) is 12.2. The van der Waals surface area contributed by atoms with Crippen LogP contribution < -0.4 is 10.2 Å². The van der Waals surface area contributed by atoms with E-state index in [1.54, 1.807) is 0 Å². The molecule has 1 fully saturated rings. The summed E-state index contributed by atoms with van der Waals surface area (Å²) in [6, 6.07) is 8.25. The summed E-state index contributed by atoms with van der Waals surface area (Å²) in [7, 11) is 0. The molecule has 0 amide bonds. The molecule has 0 saturated carbocycles. The maximum absolute atomic E-state index is 4.69. The number of nitrogens with one attached hydrogen (secondary N) is 2. The van der Waals surface area contributed by atoms with Crippen molar-refractivity contribution in [2.45, 2.75) is 26.2 Å². The van der Waals surface area contributed by atoms with Gasteiger partial charge in [0.1, 0.15) is 0 Å². The first-order valence-corrected chi connectivity index (χ1v) is 7.77. The lowest BCUT2D eigenvalue weighted by atomic mass is 9.97. The SMILES string of the molecule is CCCNCC1CCN(c2nc3ccccc3[nH]2)CC1. The predicted octanol–water partition coefficient (Wildman–Crippen LogP) is 2.78. The minimum Gasteiger partial charge on any atom is -0.342 e. The van der Waals surface area contributed by atoms with E-state index in [-0.39, 0.29) is 0 Å². The van der Waals surface area contributed by atoms with Crippen molar-refractivity contribution >= 4 is 17.0 Å². The van der Waals surface area contributed by atoms with Gasteiger partial charge < -0.3 is 15.2 Å². The van der Waals surface area contributed by atoms with Gasteiger partial charge in [0.25, 0.3) is 0 Å². The van der Waals surface area contributed by atoms with Crippen LogP contribution in [0.15, 0.2) is 24.3 Å². The predicted molar refractivity (Wildman–Crippen MR) is 84.2 cm³/mol. The third-order valence-corrected chi connectivity index (χ3v) is 4.15. The van der Waals surface area contributed by atoms with Crippen molar-refractivity contribution in [3.05, 3.63) is 24.3 Å². The highest BCUT2D eigenvalue weighted by atomic mass is 15.3. The number of nitrogens with zero attached hydrogens (tertiary/aromatic N) is 2. The first-order valence-electron chi connectivity index (χ1n) is 7.77. The second-order valence-electron chi connectivity index (χ2n) is 5.71. The monoisotopic (exact) mass is 272 g/mol. The van der Waals surface area contributed by atoms with Gasteiger partial charge in [0.15, 0.2) is 0 Å². The Morgan fingerprint density at radius 2 is 2.10 bits per heavy atom. The molecular weight excluding hydrogens is 248 g/mol. The molecule has 0 radical (unpaired) electrons. The van der Waals surface area contributed by atoms with Crippen molar-refractivity contribution in [3.8, 4) is 0 Å². The summed E-state index contributed by atoms with van der Waals surface area (Å²) < 4.78 is 0. The molecule has 2 N–H and O–H groups in total. The van der Waals surface area contributed by atoms with Crippen molar-refractivity contribution in [1.29, 1.82) is 0 Å². The van der Waals surface area contributed by atoms with Gasteiger partial charge in [0.05, 0.1) is 11.0 Å². The topological polar surface area (TPSA) is 44.0 Å². The van der Waals surface area contributed by atoms with Crippen molar-refractivity contribution in [1.82, 2.24) is 15.3 Å². The number of fused-ring (bicyclic) bond motifs is 1. The van der Waals surface area contributed by atoms with Gasteiger partial charge in [-0.25, -0.2) is 4.98 Å². The fourth-order valence-corrected chi connectivity index (χ4v) is 2.92. The fraction of sp³-hybridized carbons (Fsp3) is 0.562. The second kappa shape index (κ2) is 6.27. The summed E-state index contributed by atoms with van der Waals surface area (Å²) in [6.07, 6.45) is 3.74. The van der Waals surface area contributed by atoms with E-state index in [1.165, 1.54) is 25.8 Å². The molecule has 1 aliphatic rings. The molecule has 1 saturated heterocycles. The highest BCUT2D eigenvalue weighted by molar-refractivity contribution is 5.77. The van der Waals surface area contributed by atoms with Crippen LogP contribution in [0.3, 0.4) is 0 Å². The third-order valence-electron chi connectivity index (χ3n) is 4.15. The molecule has 0 unspecified atom stereocenters. The maximum atomic E-state index is 4.69. The number of benzene rings is 1. The minimum absolute atomic E-state index is 0.821. The molecular formula is C16H24N4. The van der Waals surface area contributed by atoms with Crippen molar-refractivity contribution in [2.75, 3.05) is 31.1 Å². The molecule has 2 aromatic rings. The van der Waals surface area contributed by atoms with Gasteiger partial charge in [-0.3, -0.25) is 0 Å². The molecule has 108 valence electrons. The Morgan fingerprint density at radius 3 is 2.85 bits per heavy atom. The Labute approximate surface area is 120 Å². The van der Waals surface area contributed by atoms with E-state index in [0.29, 0.717) is 0 Å². The number of para-hydroxylation sites is 2. The van der Waals surface area contributed by atoms with Gasteiger partial charge in [-0.2, -0.15) is 0 Å². The maximum Gasteiger partial charge on any atom is 0.203 e. The smallest absolute Gasteiger partial charge is 0.203 e. The number of anilines is 1. The first kappa shape index (κ1) is 13.4. The van der Waals surface area contributed by atoms with E-state index in [0.717, 1.165) is 42.5 Å². The Bertz CT molecular complexity index is 507. The standard InChI is InChI=1S/C16H24N4/c1-2-9-17-12-13-7-10-20(11-8-13)16-18-14-5-3-4-6-15(14)19-16/h3-6,13,17H,2,7-12H2,1H3,(H,18,19). The van der Waals surface area contributed by atoms with E-state index in [9.17, 15) is 0 Å². The van der Waals surface area contributed by atoms with Crippen LogP contribution in [0.1, 0.15) is 26.2 Å². The molecule has 1 aromatic heterocycles. The number of H-pyrrole nitrogens is 1. The average molecular weight is 272 g/mol. The van der Waals surface area contributed by atoms with Gasteiger partial charge in [-0.15, -0.1) is 0 Å². The summed E-state index contributed by atoms with van der Waals surface area (Å²) in [5.74, 6) is 1.85. The van der Waals surface area contributed by atoms with Crippen LogP contribution in [0, 0.1) is 5.92 Å². The molecule has 1 aromatic carbocycles. The van der Waals surface area contributed by atoms with Crippen LogP contribution in [0.25, 0.3) is 11.0 Å². The molecule has 3 rings (SSSR count). The Kier molecular flexibility index (Phi) is 4.21. The molecule has 1 aliphatic heterocycles. The van der Waals surface area contributed by atoms with Crippen molar-refractivity contribution in [2.24, 2.45) is 5.92 Å². The lowest BCUT2D eigenvalue weighted by molar-refractivity contribution is 0.381. The van der Waals surface area contributed by atoms with Gasteiger partial charge in [0, 0.05) is 13.1 Å². The second-order valence-corrected chi connectivity index (χ2v) is 5.71. The van der Waals surface area contributed by atoms with E-state index in [1.807, 2.05) is 6.07 Å². The Balaban J connectivity index is 1.57. The van der Waals surface area contributed by atoms with Crippen molar-refractivity contribution in [3.63, 3.8) is 0 Å². The first-order chi connectivity index (χ1) is 9.86. The number of hydrogen-bond acceptors (Lipinski definition) is 3. The van der Waals surface area contributed by atoms with E-state index in [4.69, 9.17) is 4.98 Å². The van der Waals surface area contributed by atoms with Gasteiger partial charge in [-0.05, 0) is 50.4 Å². The molecule has 4 heteroatoms. The summed E-state index contributed by atoms with van der Waals surface area (Å²) >= 11 is 0. The minimum atomic E-state index is 0.821. The van der Waals surface area contributed by atoms with E-state index >= 15 is 0 Å². The molecule has 0 bridgehead atoms.